The zero-order chi connectivity index (χ0) is 14.3. The maximum absolute atomic E-state index is 11.1. The molecule has 0 radical (unpaired) electrons. The molecule has 0 aromatic carbocycles. The zero-order valence-corrected chi connectivity index (χ0v) is 11.7. The first-order chi connectivity index (χ1) is 7.94. The van der Waals surface area contributed by atoms with Crippen LogP contribution >= 0.6 is 0 Å². The number of carboxylic acids is 1. The van der Waals surface area contributed by atoms with E-state index in [-0.39, 0.29) is 11.6 Å². The molecule has 0 bridgehead atoms. The predicted molar refractivity (Wildman–Crippen MR) is 68.1 cm³/mol. The van der Waals surface area contributed by atoms with Crippen LogP contribution in [0.15, 0.2) is 0 Å². The molecule has 0 spiro atoms. The van der Waals surface area contributed by atoms with Gasteiger partial charge in [0.1, 0.15) is 0 Å². The van der Waals surface area contributed by atoms with E-state index in [1.165, 1.54) is 0 Å². The fourth-order valence-corrected chi connectivity index (χ4v) is 1.60. The minimum absolute atomic E-state index is 0.0139. The first-order valence-corrected chi connectivity index (χ1v) is 5.80. The molecule has 1 aromatic rings. The number of rotatable bonds is 1. The third-order valence-electron chi connectivity index (χ3n) is 2.50. The number of nitrogens with zero attached hydrogens (tertiary/aromatic N) is 2. The van der Waals surface area contributed by atoms with Crippen LogP contribution in [-0.4, -0.2) is 26.2 Å². The van der Waals surface area contributed by atoms with Gasteiger partial charge in [-0.1, -0.05) is 41.5 Å². The lowest BCUT2D eigenvalue weighted by molar-refractivity contribution is 0.0682. The second-order valence-electron chi connectivity index (χ2n) is 6.40. The van der Waals surface area contributed by atoms with Gasteiger partial charge in [0.15, 0.2) is 5.75 Å². The lowest BCUT2D eigenvalue weighted by atomic mass is 9.85. The average Bonchev–Trinajstić information content (AvgIpc) is 2.13. The smallest absolute Gasteiger partial charge is 0.373 e. The van der Waals surface area contributed by atoms with Crippen LogP contribution in [-0.2, 0) is 10.8 Å². The van der Waals surface area contributed by atoms with Crippen molar-refractivity contribution in [3.05, 3.63) is 17.2 Å². The monoisotopic (exact) mass is 252 g/mol. The Balaban J connectivity index is 3.64. The fraction of sp³-hybridized carbons (Fsp3) is 0.615. The zero-order valence-electron chi connectivity index (χ0n) is 11.7. The van der Waals surface area contributed by atoms with Crippen molar-refractivity contribution in [3.8, 4) is 5.75 Å². The number of carboxylic acid groups (broad SMARTS) is 1. The van der Waals surface area contributed by atoms with Crippen molar-refractivity contribution in [1.29, 1.82) is 0 Å². The Hall–Kier alpha value is -1.65. The van der Waals surface area contributed by atoms with Gasteiger partial charge < -0.3 is 10.2 Å². The molecule has 0 atom stereocenters. The summed E-state index contributed by atoms with van der Waals surface area (Å²) in [5.74, 6) is -1.48. The molecule has 0 aliphatic rings. The van der Waals surface area contributed by atoms with E-state index in [9.17, 15) is 9.90 Å². The van der Waals surface area contributed by atoms with Crippen molar-refractivity contribution in [2.24, 2.45) is 0 Å². The largest absolute Gasteiger partial charge is 0.504 e. The molecular weight excluding hydrogens is 232 g/mol. The highest BCUT2D eigenvalue weighted by atomic mass is 16.4. The van der Waals surface area contributed by atoms with Crippen molar-refractivity contribution in [3.63, 3.8) is 0 Å². The molecule has 2 N–H and O–H groups in total. The highest BCUT2D eigenvalue weighted by Gasteiger charge is 2.30. The van der Waals surface area contributed by atoms with Crippen LogP contribution in [0.1, 0.15) is 63.5 Å². The summed E-state index contributed by atoms with van der Waals surface area (Å²) in [6.45, 7) is 11.2. The molecule has 18 heavy (non-hydrogen) atoms. The average molecular weight is 252 g/mol. The molecule has 1 rings (SSSR count). The van der Waals surface area contributed by atoms with Gasteiger partial charge >= 0.3 is 5.97 Å². The summed E-state index contributed by atoms with van der Waals surface area (Å²) in [5, 5.41) is 19.3. The van der Waals surface area contributed by atoms with Crippen LogP contribution in [0, 0.1) is 0 Å². The Morgan fingerprint density at radius 2 is 1.28 bits per heavy atom. The van der Waals surface area contributed by atoms with Gasteiger partial charge in [-0.2, -0.15) is 0 Å². The molecule has 1 heterocycles. The lowest BCUT2D eigenvalue weighted by Gasteiger charge is -2.25. The van der Waals surface area contributed by atoms with E-state index < -0.39 is 16.8 Å². The summed E-state index contributed by atoms with van der Waals surface area (Å²) in [6.07, 6.45) is 0. The van der Waals surface area contributed by atoms with Crippen molar-refractivity contribution in [2.45, 2.75) is 52.4 Å². The maximum atomic E-state index is 11.1. The minimum atomic E-state index is -1.19. The fourth-order valence-electron chi connectivity index (χ4n) is 1.60. The molecule has 0 fully saturated rings. The van der Waals surface area contributed by atoms with Crippen molar-refractivity contribution in [1.82, 2.24) is 9.97 Å². The maximum Gasteiger partial charge on any atom is 0.373 e. The van der Waals surface area contributed by atoms with Gasteiger partial charge in [0.2, 0.25) is 5.82 Å². The van der Waals surface area contributed by atoms with Crippen LogP contribution in [0.5, 0.6) is 5.75 Å². The van der Waals surface area contributed by atoms with Gasteiger partial charge in [-0.15, -0.1) is 0 Å². The number of aromatic carboxylic acids is 1. The van der Waals surface area contributed by atoms with E-state index in [1.807, 2.05) is 41.5 Å². The summed E-state index contributed by atoms with van der Waals surface area (Å²) in [5.41, 5.74) is -0.172. The van der Waals surface area contributed by atoms with Gasteiger partial charge in [-0.05, 0) is 0 Å². The van der Waals surface area contributed by atoms with Gasteiger partial charge in [0.05, 0.1) is 11.4 Å². The standard InChI is InChI=1S/C13H20N2O3/c1-12(2,3)8-7(16)9(13(4,5)6)15-10(14-8)11(17)18/h16H,1-6H3,(H,17,18). The SMILES string of the molecule is CC(C)(C)c1nc(C(=O)O)nc(C(C)(C)C)c1O. The number of carbonyl (C=O) groups is 1. The molecule has 5 heteroatoms. The molecule has 100 valence electrons. The van der Waals surface area contributed by atoms with Crippen LogP contribution < -0.4 is 0 Å². The van der Waals surface area contributed by atoms with Gasteiger partial charge in [-0.25, -0.2) is 14.8 Å². The lowest BCUT2D eigenvalue weighted by Crippen LogP contribution is -2.23. The molecule has 0 saturated carbocycles. The third-order valence-corrected chi connectivity index (χ3v) is 2.50. The number of aromatic hydroxyl groups is 1. The Bertz CT molecular complexity index is 447. The Morgan fingerprint density at radius 1 is 0.944 bits per heavy atom. The molecule has 0 unspecified atom stereocenters. The third kappa shape index (κ3) is 2.78. The van der Waals surface area contributed by atoms with Crippen LogP contribution in [0.2, 0.25) is 0 Å². The first kappa shape index (κ1) is 14.4. The first-order valence-electron chi connectivity index (χ1n) is 5.80. The molecule has 0 amide bonds. The van der Waals surface area contributed by atoms with Gasteiger partial charge in [-0.3, -0.25) is 0 Å². The highest BCUT2D eigenvalue weighted by Crippen LogP contribution is 2.36. The highest BCUT2D eigenvalue weighted by molar-refractivity contribution is 5.83. The van der Waals surface area contributed by atoms with Gasteiger partial charge in [0.25, 0.3) is 0 Å². The Kier molecular flexibility index (Phi) is 3.38. The van der Waals surface area contributed by atoms with E-state index in [1.54, 1.807) is 0 Å². The van der Waals surface area contributed by atoms with Crippen LogP contribution in [0.4, 0.5) is 0 Å². The summed E-state index contributed by atoms with van der Waals surface area (Å²) in [6, 6.07) is 0. The van der Waals surface area contributed by atoms with E-state index in [2.05, 4.69) is 9.97 Å². The number of hydrogen-bond donors (Lipinski definition) is 2. The topological polar surface area (TPSA) is 83.3 Å². The second-order valence-corrected chi connectivity index (χ2v) is 6.40. The summed E-state index contributed by atoms with van der Waals surface area (Å²) < 4.78 is 0. The van der Waals surface area contributed by atoms with Crippen molar-refractivity contribution < 1.29 is 15.0 Å². The molecule has 0 saturated heterocycles. The molecule has 5 nitrogen and oxygen atoms in total. The van der Waals surface area contributed by atoms with E-state index in [0.29, 0.717) is 11.4 Å². The van der Waals surface area contributed by atoms with E-state index in [0.717, 1.165) is 0 Å². The molecule has 1 aromatic heterocycles. The molecule has 0 aliphatic heterocycles. The van der Waals surface area contributed by atoms with Crippen LogP contribution in [0.3, 0.4) is 0 Å². The van der Waals surface area contributed by atoms with E-state index >= 15 is 0 Å². The second kappa shape index (κ2) is 4.23. The van der Waals surface area contributed by atoms with Gasteiger partial charge in [0, 0.05) is 10.8 Å². The normalized spacial score (nSPS) is 12.6. The van der Waals surface area contributed by atoms with E-state index in [4.69, 9.17) is 5.11 Å². The van der Waals surface area contributed by atoms with Crippen molar-refractivity contribution >= 4 is 5.97 Å². The Morgan fingerprint density at radius 3 is 1.50 bits per heavy atom. The van der Waals surface area contributed by atoms with Crippen molar-refractivity contribution in [2.75, 3.05) is 0 Å². The number of hydrogen-bond acceptors (Lipinski definition) is 4. The predicted octanol–water partition coefficient (Wildman–Crippen LogP) is 2.48. The number of aromatic nitrogens is 2. The Labute approximate surface area is 107 Å². The summed E-state index contributed by atoms with van der Waals surface area (Å²) >= 11 is 0. The summed E-state index contributed by atoms with van der Waals surface area (Å²) in [7, 11) is 0. The molecule has 0 aliphatic carbocycles. The minimum Gasteiger partial charge on any atom is -0.504 e. The summed E-state index contributed by atoms with van der Waals surface area (Å²) in [4.78, 5) is 19.0. The molecular formula is C13H20N2O3. The van der Waals surface area contributed by atoms with Crippen LogP contribution in [0.25, 0.3) is 0 Å². The quantitative estimate of drug-likeness (QED) is 0.802.